The highest BCUT2D eigenvalue weighted by molar-refractivity contribution is 4.84. The van der Waals surface area contributed by atoms with E-state index in [0.717, 1.165) is 31.1 Å². The van der Waals surface area contributed by atoms with Gasteiger partial charge in [-0.1, -0.05) is 0 Å². The van der Waals surface area contributed by atoms with E-state index in [2.05, 4.69) is 57.4 Å². The number of aromatic nitrogens is 4. The van der Waals surface area contributed by atoms with Crippen molar-refractivity contribution < 1.29 is 38.7 Å². The minimum atomic E-state index is -0.0476. The van der Waals surface area contributed by atoms with Crippen LogP contribution in [0.4, 0.5) is 0 Å². The minimum absolute atomic E-state index is 0. The molecule has 1 aromatic heterocycles. The van der Waals surface area contributed by atoms with E-state index >= 15 is 0 Å². The first-order valence-corrected chi connectivity index (χ1v) is 5.68. The lowest BCUT2D eigenvalue weighted by molar-refractivity contribution is -0.884. The second-order valence-electron chi connectivity index (χ2n) is 5.63. The molecule has 7 nitrogen and oxygen atoms in total. The zero-order chi connectivity index (χ0) is 15.0. The lowest BCUT2D eigenvalue weighted by Gasteiger charge is -2.25. The van der Waals surface area contributed by atoms with Gasteiger partial charge in [0.1, 0.15) is 6.54 Å². The van der Waals surface area contributed by atoms with Gasteiger partial charge in [-0.05, 0) is 31.2 Å². The Kier molecular flexibility index (Phi) is 13.1. The topological polar surface area (TPSA) is 84.1 Å². The van der Waals surface area contributed by atoms with E-state index in [1.807, 2.05) is 4.68 Å². The summed E-state index contributed by atoms with van der Waals surface area (Å²) in [5, 5.41) is 25.8. The van der Waals surface area contributed by atoms with Crippen LogP contribution in [-0.2, 0) is 12.1 Å². The molecule has 1 aromatic rings. The number of tetrazole rings is 1. The first kappa shape index (κ1) is 23.7. The van der Waals surface area contributed by atoms with Crippen LogP contribution in [0.15, 0.2) is 0 Å². The number of rotatable bonds is 2. The Hall–Kier alpha value is -0.320. The SMILES string of the molecule is CC(C)(C)n1nnnc1C[N+](C)(C)C.CO.CO.[I-]. The van der Waals surface area contributed by atoms with Gasteiger partial charge in [-0.15, -0.1) is 5.10 Å². The van der Waals surface area contributed by atoms with Gasteiger partial charge in [0.2, 0.25) is 5.82 Å². The molecular formula is C11H28IN5O2. The first-order valence-electron chi connectivity index (χ1n) is 5.68. The average Bonchev–Trinajstić information content (AvgIpc) is 2.69. The fourth-order valence-corrected chi connectivity index (χ4v) is 1.25. The maximum Gasteiger partial charge on any atom is 0.206 e. The van der Waals surface area contributed by atoms with Gasteiger partial charge in [0, 0.05) is 14.2 Å². The average molecular weight is 389 g/mol. The molecule has 8 heteroatoms. The summed E-state index contributed by atoms with van der Waals surface area (Å²) >= 11 is 0. The molecule has 0 aliphatic carbocycles. The Morgan fingerprint density at radius 3 is 1.79 bits per heavy atom. The van der Waals surface area contributed by atoms with Crippen molar-refractivity contribution in [2.75, 3.05) is 35.4 Å². The van der Waals surface area contributed by atoms with E-state index in [1.165, 1.54) is 0 Å². The number of aliphatic hydroxyl groups excluding tert-OH is 2. The molecule has 0 aromatic carbocycles. The molecule has 1 heterocycles. The predicted molar refractivity (Wildman–Crippen MR) is 70.8 cm³/mol. The lowest BCUT2D eigenvalue weighted by Crippen LogP contribution is -3.00. The Morgan fingerprint density at radius 1 is 1.05 bits per heavy atom. The first-order chi connectivity index (χ1) is 8.20. The van der Waals surface area contributed by atoms with Crippen LogP contribution in [0.25, 0.3) is 0 Å². The van der Waals surface area contributed by atoms with Crippen LogP contribution in [0.1, 0.15) is 26.6 Å². The Balaban J connectivity index is -0.000000467. The molecule has 0 bridgehead atoms. The number of hydrogen-bond acceptors (Lipinski definition) is 5. The van der Waals surface area contributed by atoms with Gasteiger partial charge in [0.05, 0.1) is 26.7 Å². The molecule has 0 aliphatic rings. The van der Waals surface area contributed by atoms with Crippen molar-refractivity contribution >= 4 is 0 Å². The Labute approximate surface area is 133 Å². The zero-order valence-corrected chi connectivity index (χ0v) is 15.4. The highest BCUT2D eigenvalue weighted by Gasteiger charge is 2.23. The fourth-order valence-electron chi connectivity index (χ4n) is 1.25. The third kappa shape index (κ3) is 10.2. The molecule has 0 atom stereocenters. The third-order valence-corrected chi connectivity index (χ3v) is 1.79. The van der Waals surface area contributed by atoms with Crippen molar-refractivity contribution in [1.82, 2.24) is 20.2 Å². The van der Waals surface area contributed by atoms with Crippen LogP contribution in [0.2, 0.25) is 0 Å². The molecule has 0 fully saturated rings. The fraction of sp³-hybridized carbons (Fsp3) is 0.909. The summed E-state index contributed by atoms with van der Waals surface area (Å²) in [6.07, 6.45) is 0. The standard InChI is InChI=1S/C9H20N5.2CH4O.HI/c1-9(2,3)13-8(10-11-12-13)7-14(4,5)6;2*1-2;/h7H2,1-6H3;2*2H,1H3;1H/q+1;;;/p-1. The van der Waals surface area contributed by atoms with Crippen LogP contribution in [0, 0.1) is 0 Å². The highest BCUT2D eigenvalue weighted by Crippen LogP contribution is 2.14. The lowest BCUT2D eigenvalue weighted by atomic mass is 10.1. The second kappa shape index (κ2) is 10.5. The number of aliphatic hydroxyl groups is 2. The minimum Gasteiger partial charge on any atom is -1.00 e. The second-order valence-corrected chi connectivity index (χ2v) is 5.63. The quantitative estimate of drug-likeness (QED) is 0.413. The molecule has 0 spiro atoms. The smallest absolute Gasteiger partial charge is 0.206 e. The summed E-state index contributed by atoms with van der Waals surface area (Å²) in [6, 6.07) is 0. The Morgan fingerprint density at radius 2 is 1.47 bits per heavy atom. The van der Waals surface area contributed by atoms with Crippen LogP contribution in [0.5, 0.6) is 0 Å². The zero-order valence-electron chi connectivity index (χ0n) is 13.2. The molecule has 0 amide bonds. The van der Waals surface area contributed by atoms with Crippen molar-refractivity contribution in [2.24, 2.45) is 0 Å². The van der Waals surface area contributed by atoms with E-state index in [-0.39, 0.29) is 29.5 Å². The van der Waals surface area contributed by atoms with Crippen molar-refractivity contribution in [3.8, 4) is 0 Å². The molecule has 0 saturated carbocycles. The summed E-state index contributed by atoms with van der Waals surface area (Å²) in [5.41, 5.74) is -0.0476. The Bertz CT molecular complexity index is 318. The summed E-state index contributed by atoms with van der Waals surface area (Å²) < 4.78 is 2.72. The van der Waals surface area contributed by atoms with E-state index in [0.29, 0.717) is 0 Å². The maximum atomic E-state index is 7.00. The van der Waals surface area contributed by atoms with Gasteiger partial charge in [0.25, 0.3) is 0 Å². The molecule has 2 N–H and O–H groups in total. The molecule has 0 radical (unpaired) electrons. The van der Waals surface area contributed by atoms with Crippen LogP contribution in [-0.4, -0.2) is 70.3 Å². The predicted octanol–water partition coefficient (Wildman–Crippen LogP) is -3.14. The summed E-state index contributed by atoms with van der Waals surface area (Å²) in [5.74, 6) is 0.935. The van der Waals surface area contributed by atoms with Gasteiger partial charge in [-0.25, -0.2) is 4.68 Å². The number of nitrogens with zero attached hydrogens (tertiary/aromatic N) is 5. The molecule has 0 aliphatic heterocycles. The maximum absolute atomic E-state index is 7.00. The number of hydrogen-bond donors (Lipinski definition) is 2. The van der Waals surface area contributed by atoms with Crippen LogP contribution < -0.4 is 24.0 Å². The normalized spacial score (nSPS) is 10.4. The van der Waals surface area contributed by atoms with Crippen molar-refractivity contribution in [1.29, 1.82) is 0 Å². The van der Waals surface area contributed by atoms with Gasteiger partial charge in [-0.2, -0.15) is 0 Å². The van der Waals surface area contributed by atoms with Gasteiger partial charge in [0.15, 0.2) is 0 Å². The summed E-state index contributed by atoms with van der Waals surface area (Å²) in [7, 11) is 8.38. The van der Waals surface area contributed by atoms with E-state index in [4.69, 9.17) is 10.2 Å². The molecule has 19 heavy (non-hydrogen) atoms. The van der Waals surface area contributed by atoms with E-state index in [9.17, 15) is 0 Å². The molecular weight excluding hydrogens is 361 g/mol. The summed E-state index contributed by atoms with van der Waals surface area (Å²) in [4.78, 5) is 0. The van der Waals surface area contributed by atoms with Crippen molar-refractivity contribution in [3.63, 3.8) is 0 Å². The van der Waals surface area contributed by atoms with Crippen molar-refractivity contribution in [3.05, 3.63) is 5.82 Å². The molecule has 0 saturated heterocycles. The van der Waals surface area contributed by atoms with Gasteiger partial charge < -0.3 is 38.7 Å². The van der Waals surface area contributed by atoms with Gasteiger partial charge >= 0.3 is 0 Å². The third-order valence-electron chi connectivity index (χ3n) is 1.79. The van der Waals surface area contributed by atoms with E-state index < -0.39 is 0 Å². The van der Waals surface area contributed by atoms with Crippen molar-refractivity contribution in [2.45, 2.75) is 32.9 Å². The molecule has 0 unspecified atom stereocenters. The number of halogens is 1. The number of quaternary nitrogens is 1. The summed E-state index contributed by atoms with van der Waals surface area (Å²) in [6.45, 7) is 7.14. The highest BCUT2D eigenvalue weighted by atomic mass is 127. The largest absolute Gasteiger partial charge is 1.00 e. The van der Waals surface area contributed by atoms with Gasteiger partial charge in [-0.3, -0.25) is 0 Å². The monoisotopic (exact) mass is 389 g/mol. The van der Waals surface area contributed by atoms with Crippen LogP contribution >= 0.6 is 0 Å². The van der Waals surface area contributed by atoms with Crippen LogP contribution in [0.3, 0.4) is 0 Å². The molecule has 1 rings (SSSR count). The van der Waals surface area contributed by atoms with E-state index in [1.54, 1.807) is 0 Å². The molecule has 116 valence electrons.